The molecule has 1 unspecified atom stereocenters. The molecule has 4 heteroatoms. The van der Waals surface area contributed by atoms with Gasteiger partial charge in [-0.3, -0.25) is 4.79 Å². The van der Waals surface area contributed by atoms with Gasteiger partial charge in [0.2, 0.25) is 5.91 Å². The van der Waals surface area contributed by atoms with E-state index in [9.17, 15) is 4.79 Å². The van der Waals surface area contributed by atoms with Crippen molar-refractivity contribution in [3.8, 4) is 0 Å². The maximum Gasteiger partial charge on any atom is 0.244 e. The summed E-state index contributed by atoms with van der Waals surface area (Å²) >= 11 is 0. The summed E-state index contributed by atoms with van der Waals surface area (Å²) in [6, 6.07) is 7.63. The molecular formula is C14H20N2O2. The molecule has 1 fully saturated rings. The summed E-state index contributed by atoms with van der Waals surface area (Å²) < 4.78 is 5.07. The van der Waals surface area contributed by atoms with Gasteiger partial charge in [0, 0.05) is 12.8 Å². The van der Waals surface area contributed by atoms with Gasteiger partial charge in [0.05, 0.1) is 12.1 Å². The predicted octanol–water partition coefficient (Wildman–Crippen LogP) is 1.90. The molecule has 0 radical (unpaired) electrons. The van der Waals surface area contributed by atoms with Crippen molar-refractivity contribution in [2.45, 2.75) is 31.9 Å². The summed E-state index contributed by atoms with van der Waals surface area (Å²) in [5.41, 5.74) is 7.11. The fourth-order valence-corrected chi connectivity index (χ4v) is 2.04. The molecule has 1 saturated carbocycles. The molecule has 98 valence electrons. The van der Waals surface area contributed by atoms with E-state index >= 15 is 0 Å². The van der Waals surface area contributed by atoms with Crippen LogP contribution in [0.4, 0.5) is 5.69 Å². The van der Waals surface area contributed by atoms with E-state index in [0.29, 0.717) is 12.5 Å². The van der Waals surface area contributed by atoms with Crippen LogP contribution >= 0.6 is 0 Å². The Morgan fingerprint density at radius 2 is 2.28 bits per heavy atom. The van der Waals surface area contributed by atoms with E-state index < -0.39 is 5.54 Å². The molecule has 18 heavy (non-hydrogen) atoms. The first-order valence-electron chi connectivity index (χ1n) is 6.22. The van der Waals surface area contributed by atoms with Crippen LogP contribution in [-0.2, 0) is 16.1 Å². The average Bonchev–Trinajstić information content (AvgIpc) is 3.13. The van der Waals surface area contributed by atoms with Crippen LogP contribution in [0.3, 0.4) is 0 Å². The summed E-state index contributed by atoms with van der Waals surface area (Å²) in [6.07, 6.45) is 2.09. The molecule has 1 aliphatic carbocycles. The Balaban J connectivity index is 2.04. The zero-order valence-corrected chi connectivity index (χ0v) is 10.9. The Hall–Kier alpha value is -1.39. The van der Waals surface area contributed by atoms with Gasteiger partial charge in [-0.1, -0.05) is 12.1 Å². The maximum atomic E-state index is 12.1. The second kappa shape index (κ2) is 5.08. The molecule has 1 aromatic carbocycles. The van der Waals surface area contributed by atoms with E-state index in [1.54, 1.807) is 14.0 Å². The van der Waals surface area contributed by atoms with Gasteiger partial charge in [-0.25, -0.2) is 0 Å². The zero-order chi connectivity index (χ0) is 13.2. The Kier molecular flexibility index (Phi) is 3.68. The minimum atomic E-state index is -0.767. The van der Waals surface area contributed by atoms with Gasteiger partial charge in [0.25, 0.3) is 0 Å². The Morgan fingerprint density at radius 3 is 2.89 bits per heavy atom. The molecular weight excluding hydrogens is 228 g/mol. The number of anilines is 1. The lowest BCUT2D eigenvalue weighted by Crippen LogP contribution is -2.50. The molecule has 0 saturated heterocycles. The van der Waals surface area contributed by atoms with Crippen molar-refractivity contribution in [1.82, 2.24) is 0 Å². The number of carbonyl (C=O) groups is 1. The number of hydrogen-bond donors (Lipinski definition) is 2. The first-order chi connectivity index (χ1) is 8.54. The van der Waals surface area contributed by atoms with Gasteiger partial charge in [0.15, 0.2) is 0 Å². The lowest BCUT2D eigenvalue weighted by molar-refractivity contribution is -0.121. The summed E-state index contributed by atoms with van der Waals surface area (Å²) in [7, 11) is 1.65. The van der Waals surface area contributed by atoms with Gasteiger partial charge < -0.3 is 15.8 Å². The normalized spacial score (nSPS) is 18.2. The van der Waals surface area contributed by atoms with Crippen molar-refractivity contribution in [1.29, 1.82) is 0 Å². The largest absolute Gasteiger partial charge is 0.380 e. The van der Waals surface area contributed by atoms with Crippen molar-refractivity contribution in [2.75, 3.05) is 12.4 Å². The standard InChI is InChI=1S/C14H20N2O2/c1-14(15,11-6-7-11)13(17)16-12-5-3-4-10(8-12)9-18-2/h3-5,8,11H,6-7,9,15H2,1-2H3,(H,16,17). The number of rotatable bonds is 5. The number of ether oxygens (including phenoxy) is 1. The Morgan fingerprint density at radius 1 is 1.56 bits per heavy atom. The SMILES string of the molecule is COCc1cccc(NC(=O)C(C)(N)C2CC2)c1. The number of methoxy groups -OCH3 is 1. The van der Waals surface area contributed by atoms with Crippen molar-refractivity contribution >= 4 is 11.6 Å². The summed E-state index contributed by atoms with van der Waals surface area (Å²) in [4.78, 5) is 12.1. The highest BCUT2D eigenvalue weighted by Gasteiger charge is 2.44. The average molecular weight is 248 g/mol. The van der Waals surface area contributed by atoms with E-state index in [-0.39, 0.29) is 5.91 Å². The van der Waals surface area contributed by atoms with Gasteiger partial charge in [0.1, 0.15) is 0 Å². The molecule has 0 aromatic heterocycles. The molecule has 1 amide bonds. The molecule has 1 atom stereocenters. The lowest BCUT2D eigenvalue weighted by atomic mass is 9.96. The smallest absolute Gasteiger partial charge is 0.244 e. The van der Waals surface area contributed by atoms with Crippen LogP contribution in [0, 0.1) is 5.92 Å². The minimum Gasteiger partial charge on any atom is -0.380 e. The number of nitrogens with one attached hydrogen (secondary N) is 1. The molecule has 1 aliphatic rings. The third kappa shape index (κ3) is 2.89. The minimum absolute atomic E-state index is 0.112. The van der Waals surface area contributed by atoms with Gasteiger partial charge in [-0.2, -0.15) is 0 Å². The van der Waals surface area contributed by atoms with Crippen LogP contribution in [0.2, 0.25) is 0 Å². The highest BCUT2D eigenvalue weighted by atomic mass is 16.5. The third-order valence-electron chi connectivity index (χ3n) is 3.41. The highest BCUT2D eigenvalue weighted by molar-refractivity contribution is 5.98. The van der Waals surface area contributed by atoms with Crippen LogP contribution in [0.15, 0.2) is 24.3 Å². The van der Waals surface area contributed by atoms with E-state index in [4.69, 9.17) is 10.5 Å². The maximum absolute atomic E-state index is 12.1. The number of hydrogen-bond acceptors (Lipinski definition) is 3. The van der Waals surface area contributed by atoms with Crippen molar-refractivity contribution in [3.05, 3.63) is 29.8 Å². The molecule has 2 rings (SSSR count). The zero-order valence-electron chi connectivity index (χ0n) is 10.9. The lowest BCUT2D eigenvalue weighted by Gasteiger charge is -2.23. The molecule has 1 aromatic rings. The van der Waals surface area contributed by atoms with Crippen LogP contribution in [-0.4, -0.2) is 18.6 Å². The monoisotopic (exact) mass is 248 g/mol. The van der Waals surface area contributed by atoms with Crippen LogP contribution in [0.5, 0.6) is 0 Å². The summed E-state index contributed by atoms with van der Waals surface area (Å²) in [5.74, 6) is 0.208. The van der Waals surface area contributed by atoms with Crippen LogP contribution in [0.1, 0.15) is 25.3 Å². The predicted molar refractivity (Wildman–Crippen MR) is 71.1 cm³/mol. The number of nitrogens with two attached hydrogens (primary N) is 1. The number of amides is 1. The quantitative estimate of drug-likeness (QED) is 0.836. The van der Waals surface area contributed by atoms with E-state index in [2.05, 4.69) is 5.32 Å². The van der Waals surface area contributed by atoms with Gasteiger partial charge >= 0.3 is 0 Å². The Labute approximate surface area is 108 Å². The van der Waals surface area contributed by atoms with Gasteiger partial charge in [-0.15, -0.1) is 0 Å². The topological polar surface area (TPSA) is 64.3 Å². The molecule has 0 spiro atoms. The van der Waals surface area contributed by atoms with Crippen molar-refractivity contribution in [3.63, 3.8) is 0 Å². The molecule has 0 aliphatic heterocycles. The Bertz CT molecular complexity index is 439. The molecule has 3 N–H and O–H groups in total. The first-order valence-corrected chi connectivity index (χ1v) is 6.22. The summed E-state index contributed by atoms with van der Waals surface area (Å²) in [5, 5.41) is 2.88. The van der Waals surface area contributed by atoms with E-state index in [1.807, 2.05) is 24.3 Å². The highest BCUT2D eigenvalue weighted by Crippen LogP contribution is 2.38. The van der Waals surface area contributed by atoms with Crippen molar-refractivity contribution in [2.24, 2.45) is 11.7 Å². The first kappa shape index (κ1) is 13.1. The number of carbonyl (C=O) groups excluding carboxylic acids is 1. The van der Waals surface area contributed by atoms with Gasteiger partial charge in [-0.05, 0) is 43.4 Å². The van der Waals surface area contributed by atoms with E-state index in [1.165, 1.54) is 0 Å². The summed E-state index contributed by atoms with van der Waals surface area (Å²) in [6.45, 7) is 2.34. The fraction of sp³-hybridized carbons (Fsp3) is 0.500. The van der Waals surface area contributed by atoms with Crippen molar-refractivity contribution < 1.29 is 9.53 Å². The second-order valence-corrected chi connectivity index (χ2v) is 5.14. The number of benzene rings is 1. The van der Waals surface area contributed by atoms with Crippen LogP contribution in [0.25, 0.3) is 0 Å². The fourth-order valence-electron chi connectivity index (χ4n) is 2.04. The molecule has 4 nitrogen and oxygen atoms in total. The third-order valence-corrected chi connectivity index (χ3v) is 3.41. The second-order valence-electron chi connectivity index (χ2n) is 5.14. The van der Waals surface area contributed by atoms with Crippen LogP contribution < -0.4 is 11.1 Å². The molecule has 0 heterocycles. The molecule has 0 bridgehead atoms. The van der Waals surface area contributed by atoms with E-state index in [0.717, 1.165) is 24.1 Å².